The molecule has 5 nitrogen and oxygen atoms in total. The second-order valence-corrected chi connectivity index (χ2v) is 8.25. The SMILES string of the molecule is O=C(Nc1cccc(S(=O)(=O)N2CCCCCC2)c1)c1cccc(F)c1. The van der Waals surface area contributed by atoms with Crippen molar-refractivity contribution in [2.45, 2.75) is 30.6 Å². The van der Waals surface area contributed by atoms with E-state index in [0.29, 0.717) is 18.8 Å². The van der Waals surface area contributed by atoms with Gasteiger partial charge in [-0.1, -0.05) is 25.0 Å². The first-order chi connectivity index (χ1) is 12.5. The van der Waals surface area contributed by atoms with Crippen LogP contribution in [0.5, 0.6) is 0 Å². The van der Waals surface area contributed by atoms with Gasteiger partial charge in [-0.25, -0.2) is 12.8 Å². The van der Waals surface area contributed by atoms with E-state index in [-0.39, 0.29) is 10.5 Å². The highest BCUT2D eigenvalue weighted by atomic mass is 32.2. The first-order valence-electron chi connectivity index (χ1n) is 8.64. The summed E-state index contributed by atoms with van der Waals surface area (Å²) in [7, 11) is -3.59. The van der Waals surface area contributed by atoms with Gasteiger partial charge in [-0.05, 0) is 49.2 Å². The van der Waals surface area contributed by atoms with E-state index in [4.69, 9.17) is 0 Å². The number of halogens is 1. The van der Waals surface area contributed by atoms with Gasteiger partial charge in [-0.3, -0.25) is 4.79 Å². The molecule has 1 N–H and O–H groups in total. The van der Waals surface area contributed by atoms with Crippen LogP contribution < -0.4 is 5.32 Å². The molecule has 0 aromatic heterocycles. The lowest BCUT2D eigenvalue weighted by atomic mass is 10.2. The highest BCUT2D eigenvalue weighted by Gasteiger charge is 2.25. The Morgan fingerprint density at radius 1 is 0.962 bits per heavy atom. The van der Waals surface area contributed by atoms with Gasteiger partial charge in [-0.15, -0.1) is 0 Å². The van der Waals surface area contributed by atoms with Crippen molar-refractivity contribution in [2.75, 3.05) is 18.4 Å². The van der Waals surface area contributed by atoms with Crippen LogP contribution in [-0.2, 0) is 10.0 Å². The number of nitrogens with zero attached hydrogens (tertiary/aromatic N) is 1. The lowest BCUT2D eigenvalue weighted by Crippen LogP contribution is -2.32. The number of sulfonamides is 1. The summed E-state index contributed by atoms with van der Waals surface area (Å²) < 4.78 is 40.5. The van der Waals surface area contributed by atoms with Gasteiger partial charge in [-0.2, -0.15) is 4.31 Å². The Morgan fingerprint density at radius 2 is 1.65 bits per heavy atom. The van der Waals surface area contributed by atoms with E-state index in [0.717, 1.165) is 31.7 Å². The van der Waals surface area contributed by atoms with Gasteiger partial charge in [0.1, 0.15) is 5.82 Å². The quantitative estimate of drug-likeness (QED) is 0.886. The van der Waals surface area contributed by atoms with Crippen LogP contribution in [0.1, 0.15) is 36.0 Å². The van der Waals surface area contributed by atoms with E-state index in [1.165, 1.54) is 34.6 Å². The predicted molar refractivity (Wildman–Crippen MR) is 98.0 cm³/mol. The van der Waals surface area contributed by atoms with E-state index in [2.05, 4.69) is 5.32 Å². The first kappa shape index (κ1) is 18.5. The zero-order valence-electron chi connectivity index (χ0n) is 14.3. The summed E-state index contributed by atoms with van der Waals surface area (Å²) in [6.45, 7) is 1.03. The maximum absolute atomic E-state index is 13.3. The molecule has 0 saturated carbocycles. The summed E-state index contributed by atoms with van der Waals surface area (Å²) in [6, 6.07) is 11.5. The molecule has 1 fully saturated rings. The average Bonchev–Trinajstić information content (AvgIpc) is 2.92. The van der Waals surface area contributed by atoms with Crippen molar-refractivity contribution in [3.05, 3.63) is 59.9 Å². The second-order valence-electron chi connectivity index (χ2n) is 6.31. The Morgan fingerprint density at radius 3 is 2.35 bits per heavy atom. The predicted octanol–water partition coefficient (Wildman–Crippen LogP) is 3.64. The summed E-state index contributed by atoms with van der Waals surface area (Å²) in [5, 5.41) is 2.62. The minimum atomic E-state index is -3.59. The Kier molecular flexibility index (Phi) is 5.68. The van der Waals surface area contributed by atoms with E-state index in [1.54, 1.807) is 12.1 Å². The molecule has 1 aliphatic rings. The maximum atomic E-state index is 13.3. The van der Waals surface area contributed by atoms with Crippen molar-refractivity contribution < 1.29 is 17.6 Å². The molecular formula is C19H21FN2O3S. The molecule has 0 unspecified atom stereocenters. The van der Waals surface area contributed by atoms with Crippen molar-refractivity contribution in [3.63, 3.8) is 0 Å². The molecule has 2 aromatic rings. The lowest BCUT2D eigenvalue weighted by molar-refractivity contribution is 0.102. The Labute approximate surface area is 152 Å². The van der Waals surface area contributed by atoms with E-state index in [1.807, 2.05) is 0 Å². The molecular weight excluding hydrogens is 355 g/mol. The minimum Gasteiger partial charge on any atom is -0.322 e. The largest absolute Gasteiger partial charge is 0.322 e. The molecule has 2 aromatic carbocycles. The van der Waals surface area contributed by atoms with Crippen molar-refractivity contribution in [1.29, 1.82) is 0 Å². The summed E-state index contributed by atoms with van der Waals surface area (Å²) in [4.78, 5) is 12.4. The van der Waals surface area contributed by atoms with Gasteiger partial charge in [0.2, 0.25) is 10.0 Å². The second kappa shape index (κ2) is 7.97. The number of rotatable bonds is 4. The zero-order valence-corrected chi connectivity index (χ0v) is 15.1. The maximum Gasteiger partial charge on any atom is 0.255 e. The van der Waals surface area contributed by atoms with Crippen molar-refractivity contribution >= 4 is 21.6 Å². The zero-order chi connectivity index (χ0) is 18.6. The molecule has 0 spiro atoms. The summed E-state index contributed by atoms with van der Waals surface area (Å²) in [6.07, 6.45) is 3.79. The van der Waals surface area contributed by atoms with Gasteiger partial charge in [0.05, 0.1) is 4.90 Å². The molecule has 1 amide bonds. The molecule has 7 heteroatoms. The highest BCUT2D eigenvalue weighted by Crippen LogP contribution is 2.23. The fourth-order valence-electron chi connectivity index (χ4n) is 3.00. The summed E-state index contributed by atoms with van der Waals surface area (Å²) in [5.74, 6) is -0.996. The van der Waals surface area contributed by atoms with Crippen molar-refractivity contribution in [2.24, 2.45) is 0 Å². The molecule has 1 aliphatic heterocycles. The van der Waals surface area contributed by atoms with Gasteiger partial charge in [0.25, 0.3) is 5.91 Å². The smallest absolute Gasteiger partial charge is 0.255 e. The van der Waals surface area contributed by atoms with Gasteiger partial charge in [0, 0.05) is 24.3 Å². The third kappa shape index (κ3) is 4.28. The van der Waals surface area contributed by atoms with Crippen LogP contribution in [0, 0.1) is 5.82 Å². The van der Waals surface area contributed by atoms with Crippen LogP contribution in [0.3, 0.4) is 0 Å². The molecule has 3 rings (SSSR count). The van der Waals surface area contributed by atoms with Crippen LogP contribution in [-0.4, -0.2) is 31.7 Å². The minimum absolute atomic E-state index is 0.149. The number of nitrogens with one attached hydrogen (secondary N) is 1. The molecule has 1 saturated heterocycles. The van der Waals surface area contributed by atoms with E-state index >= 15 is 0 Å². The van der Waals surface area contributed by atoms with Crippen LogP contribution >= 0.6 is 0 Å². The number of amides is 1. The van der Waals surface area contributed by atoms with Crippen LogP contribution in [0.2, 0.25) is 0 Å². The molecule has 138 valence electrons. The summed E-state index contributed by atoms with van der Waals surface area (Å²) in [5.41, 5.74) is 0.529. The summed E-state index contributed by atoms with van der Waals surface area (Å²) >= 11 is 0. The first-order valence-corrected chi connectivity index (χ1v) is 10.1. The van der Waals surface area contributed by atoms with Crippen LogP contribution in [0.4, 0.5) is 10.1 Å². The highest BCUT2D eigenvalue weighted by molar-refractivity contribution is 7.89. The van der Waals surface area contributed by atoms with Crippen LogP contribution in [0.25, 0.3) is 0 Å². The van der Waals surface area contributed by atoms with Crippen LogP contribution in [0.15, 0.2) is 53.4 Å². The molecule has 0 atom stereocenters. The molecule has 26 heavy (non-hydrogen) atoms. The number of benzene rings is 2. The number of carbonyl (C=O) groups is 1. The van der Waals surface area contributed by atoms with Gasteiger partial charge < -0.3 is 5.32 Å². The molecule has 0 bridgehead atoms. The Bertz CT molecular complexity index is 891. The average molecular weight is 376 g/mol. The topological polar surface area (TPSA) is 66.5 Å². The normalized spacial score (nSPS) is 16.0. The number of hydrogen-bond acceptors (Lipinski definition) is 3. The third-order valence-corrected chi connectivity index (χ3v) is 6.28. The third-order valence-electron chi connectivity index (χ3n) is 4.38. The fraction of sp³-hybridized carbons (Fsp3) is 0.316. The monoisotopic (exact) mass is 376 g/mol. The van der Waals surface area contributed by atoms with Crippen molar-refractivity contribution in [3.8, 4) is 0 Å². The Balaban J connectivity index is 1.80. The molecule has 0 aliphatic carbocycles. The lowest BCUT2D eigenvalue weighted by Gasteiger charge is -2.20. The number of carbonyl (C=O) groups excluding carboxylic acids is 1. The van der Waals surface area contributed by atoms with E-state index < -0.39 is 21.7 Å². The Hall–Kier alpha value is -2.25. The fourth-order valence-corrected chi connectivity index (χ4v) is 4.56. The van der Waals surface area contributed by atoms with E-state index in [9.17, 15) is 17.6 Å². The van der Waals surface area contributed by atoms with Crippen molar-refractivity contribution in [1.82, 2.24) is 4.31 Å². The molecule has 0 radical (unpaired) electrons. The van der Waals surface area contributed by atoms with Gasteiger partial charge >= 0.3 is 0 Å². The van der Waals surface area contributed by atoms with Gasteiger partial charge in [0.15, 0.2) is 0 Å². The standard InChI is InChI=1S/C19H21FN2O3S/c20-16-8-5-7-15(13-16)19(23)21-17-9-6-10-18(14-17)26(24,25)22-11-3-1-2-4-12-22/h5-10,13-14H,1-4,11-12H2,(H,21,23). The number of hydrogen-bond donors (Lipinski definition) is 1. The molecule has 1 heterocycles. The number of anilines is 1.